The molecule has 0 spiro atoms. The third-order valence-corrected chi connectivity index (χ3v) is 0.755. The van der Waals surface area contributed by atoms with Gasteiger partial charge in [-0.3, -0.25) is 10.7 Å². The van der Waals surface area contributed by atoms with Crippen molar-refractivity contribution < 1.29 is 9.73 Å². The van der Waals surface area contributed by atoms with E-state index in [0.29, 0.717) is 0 Å². The summed E-state index contributed by atoms with van der Waals surface area (Å²) in [5, 5.41) is 13.8. The molecule has 0 aromatic carbocycles. The van der Waals surface area contributed by atoms with Gasteiger partial charge in [0.1, 0.15) is 0 Å². The van der Waals surface area contributed by atoms with E-state index in [1.165, 1.54) is 0 Å². The summed E-state index contributed by atoms with van der Waals surface area (Å²) in [5.41, 5.74) is 1.74. The van der Waals surface area contributed by atoms with Crippen molar-refractivity contribution in [3.05, 3.63) is 11.1 Å². The number of hydrogen-bond acceptors (Lipinski definition) is 6. The molecule has 0 bridgehead atoms. The Morgan fingerprint density at radius 2 is 2.67 bits per heavy atom. The molecule has 1 aromatic heterocycles. The lowest BCUT2D eigenvalue weighted by Gasteiger charge is -1.85. The van der Waals surface area contributed by atoms with Gasteiger partial charge in [-0.1, -0.05) is 5.16 Å². The molecule has 0 saturated heterocycles. The van der Waals surface area contributed by atoms with Crippen molar-refractivity contribution in [2.24, 2.45) is 5.18 Å². The van der Waals surface area contributed by atoms with Crippen molar-refractivity contribution in [1.29, 1.82) is 0 Å². The van der Waals surface area contributed by atoms with E-state index in [2.05, 4.69) is 14.9 Å². The van der Waals surface area contributed by atoms with Crippen molar-refractivity contribution in [3.63, 3.8) is 0 Å². The molecular weight excluding hydrogens is 126 g/mol. The summed E-state index contributed by atoms with van der Waals surface area (Å²) < 4.78 is 4.25. The van der Waals surface area contributed by atoms with E-state index in [0.717, 1.165) is 6.20 Å². The quantitative estimate of drug-likeness (QED) is 0.457. The Labute approximate surface area is 49.4 Å². The average molecular weight is 129 g/mol. The Bertz CT molecular complexity index is 208. The summed E-state index contributed by atoms with van der Waals surface area (Å²) in [5.74, 6) is -0.266. The van der Waals surface area contributed by atoms with Gasteiger partial charge in [0.05, 0.1) is 6.20 Å². The minimum absolute atomic E-state index is 0.0602. The lowest BCUT2D eigenvalue weighted by Crippen LogP contribution is -1.84. The first-order valence-corrected chi connectivity index (χ1v) is 2.06. The summed E-state index contributed by atoms with van der Waals surface area (Å²) >= 11 is 0. The Morgan fingerprint density at radius 1 is 1.89 bits per heavy atom. The molecule has 2 N–H and O–H groups in total. The summed E-state index contributed by atoms with van der Waals surface area (Å²) in [6.07, 6.45) is 1.14. The van der Waals surface area contributed by atoms with Crippen molar-refractivity contribution >= 4 is 11.6 Å². The summed E-state index contributed by atoms with van der Waals surface area (Å²) in [6, 6.07) is 0. The second kappa shape index (κ2) is 2.23. The van der Waals surface area contributed by atoms with Crippen molar-refractivity contribution in [3.8, 4) is 0 Å². The number of nitrogens with zero attached hydrogens (tertiary/aromatic N) is 2. The van der Waals surface area contributed by atoms with Crippen LogP contribution in [-0.4, -0.2) is 10.4 Å². The van der Waals surface area contributed by atoms with Gasteiger partial charge in [-0.05, 0) is 0 Å². The molecule has 0 aliphatic carbocycles. The van der Waals surface area contributed by atoms with Crippen LogP contribution in [-0.2, 0) is 0 Å². The fraction of sp³-hybridized carbons (Fsp3) is 0. The fourth-order valence-electron chi connectivity index (χ4n) is 0.376. The number of aromatic nitrogens is 1. The highest BCUT2D eigenvalue weighted by atomic mass is 16.5. The largest absolute Gasteiger partial charge is 0.331 e. The van der Waals surface area contributed by atoms with E-state index in [4.69, 9.17) is 5.21 Å². The molecule has 0 atom stereocenters. The van der Waals surface area contributed by atoms with E-state index in [9.17, 15) is 4.91 Å². The van der Waals surface area contributed by atoms with Crippen LogP contribution in [0.2, 0.25) is 0 Å². The molecule has 6 nitrogen and oxygen atoms in total. The van der Waals surface area contributed by atoms with E-state index in [-0.39, 0.29) is 11.6 Å². The molecule has 0 amide bonds. The maximum atomic E-state index is 9.71. The molecule has 0 aliphatic heterocycles. The van der Waals surface area contributed by atoms with Gasteiger partial charge in [0.2, 0.25) is 0 Å². The van der Waals surface area contributed by atoms with Crippen molar-refractivity contribution in [2.45, 2.75) is 0 Å². The van der Waals surface area contributed by atoms with Crippen LogP contribution in [0.4, 0.5) is 11.6 Å². The Kier molecular flexibility index (Phi) is 1.41. The number of hydrogen-bond donors (Lipinski definition) is 2. The van der Waals surface area contributed by atoms with E-state index in [1.54, 1.807) is 5.48 Å². The van der Waals surface area contributed by atoms with Gasteiger partial charge in [-0.2, -0.15) is 0 Å². The van der Waals surface area contributed by atoms with Crippen LogP contribution < -0.4 is 5.48 Å². The number of nitrogens with one attached hydrogen (secondary N) is 1. The molecule has 0 fully saturated rings. The van der Waals surface area contributed by atoms with Crippen molar-refractivity contribution in [1.82, 2.24) is 5.16 Å². The van der Waals surface area contributed by atoms with Crippen LogP contribution in [0.15, 0.2) is 15.9 Å². The second-order valence-electron chi connectivity index (χ2n) is 1.25. The Balaban J connectivity index is 2.98. The summed E-state index contributed by atoms with van der Waals surface area (Å²) in [4.78, 5) is 9.71. The fourth-order valence-corrected chi connectivity index (χ4v) is 0.376. The number of anilines is 1. The predicted molar refractivity (Wildman–Crippen MR) is 27.4 cm³/mol. The van der Waals surface area contributed by atoms with Gasteiger partial charge in [-0.15, -0.1) is 4.91 Å². The smallest absolute Gasteiger partial charge is 0.315 e. The van der Waals surface area contributed by atoms with Gasteiger partial charge >= 0.3 is 5.88 Å². The molecule has 0 saturated carbocycles. The SMILES string of the molecule is O=Nc1oncc1NO. The molecule has 9 heavy (non-hydrogen) atoms. The normalized spacial score (nSPS) is 9.00. The van der Waals surface area contributed by atoms with Crippen LogP contribution in [0.25, 0.3) is 0 Å². The number of nitroso groups, excluding NO2 is 1. The minimum Gasteiger partial charge on any atom is -0.331 e. The minimum atomic E-state index is -0.266. The zero-order valence-electron chi connectivity index (χ0n) is 4.24. The molecule has 1 aromatic rings. The maximum Gasteiger partial charge on any atom is 0.315 e. The Morgan fingerprint density at radius 3 is 3.11 bits per heavy atom. The second-order valence-corrected chi connectivity index (χ2v) is 1.25. The molecule has 0 radical (unpaired) electrons. The van der Waals surface area contributed by atoms with Crippen LogP contribution >= 0.6 is 0 Å². The monoisotopic (exact) mass is 129 g/mol. The molecule has 1 heterocycles. The van der Waals surface area contributed by atoms with Gasteiger partial charge in [-0.25, -0.2) is 0 Å². The molecule has 0 aliphatic rings. The van der Waals surface area contributed by atoms with Crippen LogP contribution in [0.3, 0.4) is 0 Å². The van der Waals surface area contributed by atoms with Gasteiger partial charge < -0.3 is 4.52 Å². The average Bonchev–Trinajstić information content (AvgIpc) is 2.33. The lowest BCUT2D eigenvalue weighted by molar-refractivity contribution is 0.387. The van der Waals surface area contributed by atoms with Gasteiger partial charge in [0.25, 0.3) is 0 Å². The number of rotatable bonds is 2. The standard InChI is InChI=1S/C3H3N3O3/c7-5-2-1-4-9-3(2)6-8/h1,5,7H. The van der Waals surface area contributed by atoms with Crippen molar-refractivity contribution in [2.75, 3.05) is 5.48 Å². The molecule has 48 valence electrons. The highest BCUT2D eigenvalue weighted by Gasteiger charge is 2.04. The van der Waals surface area contributed by atoms with Crippen LogP contribution in [0.5, 0.6) is 0 Å². The predicted octanol–water partition coefficient (Wildman–Crippen LogP) is 0.874. The van der Waals surface area contributed by atoms with Crippen LogP contribution in [0, 0.1) is 4.91 Å². The zero-order chi connectivity index (χ0) is 6.69. The topological polar surface area (TPSA) is 87.7 Å². The molecule has 1 rings (SSSR count). The first kappa shape index (κ1) is 5.70. The van der Waals surface area contributed by atoms with Gasteiger partial charge in [0.15, 0.2) is 5.69 Å². The van der Waals surface area contributed by atoms with E-state index < -0.39 is 0 Å². The maximum absolute atomic E-state index is 9.71. The summed E-state index contributed by atoms with van der Waals surface area (Å²) in [6.45, 7) is 0. The first-order valence-electron chi connectivity index (χ1n) is 2.06. The first-order chi connectivity index (χ1) is 4.38. The highest BCUT2D eigenvalue weighted by molar-refractivity contribution is 5.55. The van der Waals surface area contributed by atoms with E-state index in [1.807, 2.05) is 0 Å². The third-order valence-electron chi connectivity index (χ3n) is 0.755. The summed E-state index contributed by atoms with van der Waals surface area (Å²) in [7, 11) is 0. The molecular formula is C3H3N3O3. The Hall–Kier alpha value is -1.43. The molecule has 0 unspecified atom stereocenters. The third kappa shape index (κ3) is 0.868. The lowest BCUT2D eigenvalue weighted by atomic mass is 10.6. The highest BCUT2D eigenvalue weighted by Crippen LogP contribution is 2.21. The molecule has 6 heteroatoms. The van der Waals surface area contributed by atoms with Gasteiger partial charge in [0, 0.05) is 5.18 Å². The van der Waals surface area contributed by atoms with Crippen LogP contribution in [0.1, 0.15) is 0 Å². The zero-order valence-corrected chi connectivity index (χ0v) is 4.24. The van der Waals surface area contributed by atoms with E-state index >= 15 is 0 Å².